The average Bonchev–Trinajstić information content (AvgIpc) is 2.62. The Balaban J connectivity index is 1.64. The zero-order chi connectivity index (χ0) is 16.5. The van der Waals surface area contributed by atoms with Crippen LogP contribution in [0.2, 0.25) is 0 Å². The van der Waals surface area contributed by atoms with Gasteiger partial charge in [0.15, 0.2) is 23.0 Å². The Morgan fingerprint density at radius 2 is 1.92 bits per heavy atom. The maximum atomic E-state index is 12.6. The topological polar surface area (TPSA) is 68.7 Å². The number of ether oxygens (including phenoxy) is 2. The second-order valence-electron chi connectivity index (χ2n) is 5.61. The van der Waals surface area contributed by atoms with Crippen molar-refractivity contribution in [2.75, 3.05) is 13.2 Å². The van der Waals surface area contributed by atoms with E-state index in [-0.39, 0.29) is 23.5 Å². The fourth-order valence-corrected chi connectivity index (χ4v) is 2.83. The van der Waals surface area contributed by atoms with Gasteiger partial charge in [-0.05, 0) is 29.8 Å². The van der Waals surface area contributed by atoms with Crippen LogP contribution in [0.15, 0.2) is 48.7 Å². The molecule has 2 aromatic carbocycles. The summed E-state index contributed by atoms with van der Waals surface area (Å²) in [5.74, 6) is 1.10. The van der Waals surface area contributed by atoms with Crippen molar-refractivity contribution in [2.45, 2.75) is 6.42 Å². The van der Waals surface area contributed by atoms with Crippen LogP contribution < -0.4 is 9.47 Å². The number of carbonyl (C=O) groups excluding carboxylic acids is 1. The molecular formula is C19H15NO4. The van der Waals surface area contributed by atoms with Crippen molar-refractivity contribution in [3.8, 4) is 17.2 Å². The van der Waals surface area contributed by atoms with Gasteiger partial charge in [-0.3, -0.25) is 9.78 Å². The second-order valence-corrected chi connectivity index (χ2v) is 5.61. The largest absolute Gasteiger partial charge is 0.505 e. The summed E-state index contributed by atoms with van der Waals surface area (Å²) in [6.07, 6.45) is 1.76. The van der Waals surface area contributed by atoms with Crippen molar-refractivity contribution in [1.29, 1.82) is 0 Å². The number of Topliss-reactive ketones (excluding diaryl/α,β-unsaturated/α-hetero) is 1. The highest BCUT2D eigenvalue weighted by Crippen LogP contribution is 2.32. The first kappa shape index (κ1) is 14.5. The molecule has 1 N–H and O–H groups in total. The summed E-state index contributed by atoms with van der Waals surface area (Å²) in [6, 6.07) is 12.5. The predicted octanol–water partition coefficient (Wildman–Crippen LogP) is 3.14. The highest BCUT2D eigenvalue weighted by atomic mass is 16.6. The summed E-state index contributed by atoms with van der Waals surface area (Å²) in [6.45, 7) is 1.03. The lowest BCUT2D eigenvalue weighted by atomic mass is 10.00. The molecule has 5 nitrogen and oxygen atoms in total. The number of pyridine rings is 1. The Morgan fingerprint density at radius 3 is 2.79 bits per heavy atom. The monoisotopic (exact) mass is 321 g/mol. The van der Waals surface area contributed by atoms with Crippen molar-refractivity contribution >= 4 is 16.7 Å². The molecule has 3 aromatic rings. The minimum atomic E-state index is -0.170. The third-order valence-electron chi connectivity index (χ3n) is 4.02. The number of aromatic nitrogens is 1. The van der Waals surface area contributed by atoms with Gasteiger partial charge in [0, 0.05) is 18.0 Å². The number of carbonyl (C=O) groups is 1. The summed E-state index contributed by atoms with van der Waals surface area (Å²) in [7, 11) is 0. The molecule has 1 aromatic heterocycles. The first-order valence-corrected chi connectivity index (χ1v) is 7.71. The number of hydrogen-bond donors (Lipinski definition) is 1. The zero-order valence-electron chi connectivity index (χ0n) is 12.9. The molecule has 0 fully saturated rings. The van der Waals surface area contributed by atoms with Crippen molar-refractivity contribution in [3.63, 3.8) is 0 Å². The molecule has 4 rings (SSSR count). The molecule has 0 spiro atoms. The second kappa shape index (κ2) is 5.85. The zero-order valence-corrected chi connectivity index (χ0v) is 12.9. The lowest BCUT2D eigenvalue weighted by molar-refractivity contribution is 0.0990. The molecule has 1 aliphatic rings. The SMILES string of the molecule is O=C(Cc1ccc2c(c1)OCCO2)c1ccc2cccnc2c1O. The van der Waals surface area contributed by atoms with Crippen LogP contribution in [0.25, 0.3) is 10.9 Å². The minimum Gasteiger partial charge on any atom is -0.505 e. The van der Waals surface area contributed by atoms with Crippen LogP contribution in [0.3, 0.4) is 0 Å². The van der Waals surface area contributed by atoms with Gasteiger partial charge in [-0.1, -0.05) is 18.2 Å². The Hall–Kier alpha value is -3.08. The molecule has 24 heavy (non-hydrogen) atoms. The van der Waals surface area contributed by atoms with Gasteiger partial charge in [0.1, 0.15) is 18.7 Å². The number of rotatable bonds is 3. The summed E-state index contributed by atoms with van der Waals surface area (Å²) < 4.78 is 11.0. The van der Waals surface area contributed by atoms with Crippen molar-refractivity contribution in [1.82, 2.24) is 4.98 Å². The number of hydrogen-bond acceptors (Lipinski definition) is 5. The molecule has 0 bridgehead atoms. The molecule has 0 atom stereocenters. The van der Waals surface area contributed by atoms with Gasteiger partial charge < -0.3 is 14.6 Å². The van der Waals surface area contributed by atoms with Crippen molar-refractivity contribution in [3.05, 3.63) is 59.8 Å². The van der Waals surface area contributed by atoms with E-state index in [4.69, 9.17) is 9.47 Å². The number of benzene rings is 2. The normalized spacial score (nSPS) is 13.0. The summed E-state index contributed by atoms with van der Waals surface area (Å²) in [4.78, 5) is 16.7. The summed E-state index contributed by atoms with van der Waals surface area (Å²) >= 11 is 0. The van der Waals surface area contributed by atoms with Gasteiger partial charge >= 0.3 is 0 Å². The summed E-state index contributed by atoms with van der Waals surface area (Å²) in [5.41, 5.74) is 1.52. The van der Waals surface area contributed by atoms with Gasteiger partial charge in [0.25, 0.3) is 0 Å². The molecule has 1 aliphatic heterocycles. The first-order valence-electron chi connectivity index (χ1n) is 7.71. The smallest absolute Gasteiger partial charge is 0.171 e. The van der Waals surface area contributed by atoms with Gasteiger partial charge in [-0.15, -0.1) is 0 Å². The van der Waals surface area contributed by atoms with E-state index in [0.29, 0.717) is 30.2 Å². The molecule has 0 saturated heterocycles. The molecule has 0 unspecified atom stereocenters. The Morgan fingerprint density at radius 1 is 1.08 bits per heavy atom. The van der Waals surface area contributed by atoms with E-state index in [0.717, 1.165) is 10.9 Å². The van der Waals surface area contributed by atoms with E-state index in [1.165, 1.54) is 0 Å². The van der Waals surface area contributed by atoms with Crippen LogP contribution in [-0.2, 0) is 6.42 Å². The highest BCUT2D eigenvalue weighted by molar-refractivity contribution is 6.04. The fraction of sp³-hybridized carbons (Fsp3) is 0.158. The van der Waals surface area contributed by atoms with Crippen molar-refractivity contribution in [2.24, 2.45) is 0 Å². The number of nitrogens with zero attached hydrogens (tertiary/aromatic N) is 1. The van der Waals surface area contributed by atoms with Crippen molar-refractivity contribution < 1.29 is 19.4 Å². The molecule has 5 heteroatoms. The maximum Gasteiger partial charge on any atom is 0.171 e. The third-order valence-corrected chi connectivity index (χ3v) is 4.02. The standard InChI is InChI=1S/C19H15NO4/c21-15(10-12-3-6-16-17(11-12)24-9-8-23-16)14-5-4-13-2-1-7-20-18(13)19(14)22/h1-7,11,22H,8-10H2. The van der Waals surface area contributed by atoms with Crippen LogP contribution in [0.5, 0.6) is 17.2 Å². The number of fused-ring (bicyclic) bond motifs is 2. The van der Waals surface area contributed by atoms with Crippen LogP contribution >= 0.6 is 0 Å². The van der Waals surface area contributed by atoms with Gasteiger partial charge in [0.05, 0.1) is 5.56 Å². The van der Waals surface area contributed by atoms with Gasteiger partial charge in [-0.25, -0.2) is 0 Å². The minimum absolute atomic E-state index is 0.0735. The molecule has 0 saturated carbocycles. The molecule has 0 radical (unpaired) electrons. The van der Waals surface area contributed by atoms with Crippen LogP contribution in [0.4, 0.5) is 0 Å². The molecule has 2 heterocycles. The Labute approximate surface area is 138 Å². The number of phenolic OH excluding ortho intramolecular Hbond substituents is 1. The number of phenols is 1. The molecular weight excluding hydrogens is 306 g/mol. The van der Waals surface area contributed by atoms with E-state index < -0.39 is 0 Å². The maximum absolute atomic E-state index is 12.6. The van der Waals surface area contributed by atoms with E-state index in [1.54, 1.807) is 30.5 Å². The predicted molar refractivity (Wildman–Crippen MR) is 88.9 cm³/mol. The summed E-state index contributed by atoms with van der Waals surface area (Å²) in [5, 5.41) is 11.2. The number of ketones is 1. The van der Waals surface area contributed by atoms with Crippen LogP contribution in [-0.4, -0.2) is 29.1 Å². The molecule has 120 valence electrons. The van der Waals surface area contributed by atoms with Gasteiger partial charge in [-0.2, -0.15) is 0 Å². The van der Waals surface area contributed by atoms with Crippen LogP contribution in [0, 0.1) is 0 Å². The van der Waals surface area contributed by atoms with Gasteiger partial charge in [0.2, 0.25) is 0 Å². The quantitative estimate of drug-likeness (QED) is 0.751. The third kappa shape index (κ3) is 2.54. The Kier molecular flexibility index (Phi) is 3.54. The van der Waals surface area contributed by atoms with Crippen LogP contribution in [0.1, 0.15) is 15.9 Å². The van der Waals surface area contributed by atoms with E-state index in [2.05, 4.69) is 4.98 Å². The lowest BCUT2D eigenvalue weighted by Crippen LogP contribution is -2.15. The lowest BCUT2D eigenvalue weighted by Gasteiger charge is -2.18. The average molecular weight is 321 g/mol. The molecule has 0 amide bonds. The number of aromatic hydroxyl groups is 1. The van der Waals surface area contributed by atoms with E-state index >= 15 is 0 Å². The van der Waals surface area contributed by atoms with E-state index in [9.17, 15) is 9.90 Å². The fourth-order valence-electron chi connectivity index (χ4n) is 2.83. The Bertz CT molecular complexity index is 936. The molecule has 0 aliphatic carbocycles. The highest BCUT2D eigenvalue weighted by Gasteiger charge is 2.17. The van der Waals surface area contributed by atoms with E-state index in [1.807, 2.05) is 18.2 Å². The first-order chi connectivity index (χ1) is 11.7.